The van der Waals surface area contributed by atoms with Gasteiger partial charge in [-0.3, -0.25) is 0 Å². The van der Waals surface area contributed by atoms with Crippen LogP contribution in [0.4, 0.5) is 0 Å². The van der Waals surface area contributed by atoms with Crippen LogP contribution in [0.2, 0.25) is 0 Å². The summed E-state index contributed by atoms with van der Waals surface area (Å²) in [5.74, 6) is -3.20. The van der Waals surface area contributed by atoms with Crippen LogP contribution in [0.3, 0.4) is 0 Å². The third kappa shape index (κ3) is 4.05. The van der Waals surface area contributed by atoms with E-state index in [0.29, 0.717) is 0 Å². The Morgan fingerprint density at radius 3 is 2.00 bits per heavy atom. The van der Waals surface area contributed by atoms with E-state index in [1.807, 2.05) is 0 Å². The van der Waals surface area contributed by atoms with Crippen molar-refractivity contribution >= 4 is 5.97 Å². The van der Waals surface area contributed by atoms with Crippen molar-refractivity contribution in [2.45, 2.75) is 19.6 Å². The zero-order valence-corrected chi connectivity index (χ0v) is 5.83. The summed E-state index contributed by atoms with van der Waals surface area (Å²) in [6, 6.07) is 0. The van der Waals surface area contributed by atoms with Gasteiger partial charge in [-0.2, -0.15) is 0 Å². The van der Waals surface area contributed by atoms with Gasteiger partial charge in [-0.15, -0.1) is 0 Å². The van der Waals surface area contributed by atoms with Crippen LogP contribution in [0.1, 0.15) is 13.8 Å². The van der Waals surface area contributed by atoms with E-state index in [1.54, 1.807) is 0 Å². The fourth-order valence-corrected chi connectivity index (χ4v) is 0.472. The molecule has 58 valence electrons. The number of carboxylic acids is 1. The van der Waals surface area contributed by atoms with E-state index in [-0.39, 0.29) is 5.57 Å². The predicted octanol–water partition coefficient (Wildman–Crippen LogP) is -0.282. The summed E-state index contributed by atoms with van der Waals surface area (Å²) < 4.78 is 0. The Bertz CT molecular complexity index is 163. The number of rotatable bonds is 2. The highest BCUT2D eigenvalue weighted by molar-refractivity contribution is 5.85. The fourth-order valence-electron chi connectivity index (χ4n) is 0.472. The van der Waals surface area contributed by atoms with Crippen LogP contribution in [0.5, 0.6) is 0 Å². The molecule has 0 aromatic heterocycles. The molecular formula is C6H10O4. The molecule has 0 aliphatic carbocycles. The number of carbonyl (C=O) groups is 1. The van der Waals surface area contributed by atoms with E-state index in [1.165, 1.54) is 6.92 Å². The molecule has 0 saturated heterocycles. The largest absolute Gasteiger partial charge is 0.478 e. The Morgan fingerprint density at radius 2 is 1.90 bits per heavy atom. The van der Waals surface area contributed by atoms with Crippen molar-refractivity contribution in [1.29, 1.82) is 0 Å². The molecule has 3 N–H and O–H groups in total. The lowest BCUT2D eigenvalue weighted by Crippen LogP contribution is -2.20. The first-order valence-corrected chi connectivity index (χ1v) is 2.70. The van der Waals surface area contributed by atoms with Crippen LogP contribution in [0.15, 0.2) is 11.6 Å². The van der Waals surface area contributed by atoms with E-state index in [9.17, 15) is 4.79 Å². The first kappa shape index (κ1) is 9.13. The maximum absolute atomic E-state index is 10.1. The van der Waals surface area contributed by atoms with Crippen molar-refractivity contribution in [2.24, 2.45) is 0 Å². The number of hydrogen-bond donors (Lipinski definition) is 3. The van der Waals surface area contributed by atoms with Gasteiger partial charge in [0.15, 0.2) is 5.79 Å². The van der Waals surface area contributed by atoms with Gasteiger partial charge in [0, 0.05) is 5.57 Å². The zero-order chi connectivity index (χ0) is 8.36. The number of aliphatic hydroxyl groups is 2. The molecule has 0 aromatic rings. The lowest BCUT2D eigenvalue weighted by molar-refractivity contribution is -0.133. The van der Waals surface area contributed by atoms with Crippen LogP contribution >= 0.6 is 0 Å². The molecule has 0 aliphatic rings. The van der Waals surface area contributed by atoms with Crippen molar-refractivity contribution in [3.05, 3.63) is 11.6 Å². The molecule has 4 heteroatoms. The first-order valence-electron chi connectivity index (χ1n) is 2.70. The predicted molar refractivity (Wildman–Crippen MR) is 34.2 cm³/mol. The van der Waals surface area contributed by atoms with Crippen molar-refractivity contribution < 1.29 is 20.1 Å². The molecule has 0 heterocycles. The molecule has 0 fully saturated rings. The lowest BCUT2D eigenvalue weighted by Gasteiger charge is -2.09. The van der Waals surface area contributed by atoms with Crippen molar-refractivity contribution in [3.63, 3.8) is 0 Å². The molecule has 10 heavy (non-hydrogen) atoms. The smallest absolute Gasteiger partial charge is 0.331 e. The van der Waals surface area contributed by atoms with Crippen LogP contribution < -0.4 is 0 Å². The monoisotopic (exact) mass is 146 g/mol. The van der Waals surface area contributed by atoms with Crippen molar-refractivity contribution in [1.82, 2.24) is 0 Å². The minimum Gasteiger partial charge on any atom is -0.478 e. The summed E-state index contributed by atoms with van der Waals surface area (Å²) >= 11 is 0. The van der Waals surface area contributed by atoms with E-state index in [4.69, 9.17) is 15.3 Å². The number of carboxylic acid groups (broad SMARTS) is 1. The molecule has 0 aromatic carbocycles. The quantitative estimate of drug-likeness (QED) is 0.370. The molecule has 0 rings (SSSR count). The van der Waals surface area contributed by atoms with Crippen molar-refractivity contribution in [3.8, 4) is 0 Å². The molecule has 0 unspecified atom stereocenters. The van der Waals surface area contributed by atoms with Crippen molar-refractivity contribution in [2.75, 3.05) is 0 Å². The Hall–Kier alpha value is -0.870. The van der Waals surface area contributed by atoms with Crippen LogP contribution in [0.25, 0.3) is 0 Å². The molecule has 0 saturated carbocycles. The molecule has 0 bridgehead atoms. The highest BCUT2D eigenvalue weighted by Crippen LogP contribution is 2.03. The summed E-state index contributed by atoms with van der Waals surface area (Å²) in [5, 5.41) is 25.6. The summed E-state index contributed by atoms with van der Waals surface area (Å²) in [5.41, 5.74) is -0.0903. The topological polar surface area (TPSA) is 77.8 Å². The van der Waals surface area contributed by atoms with Gasteiger partial charge in [-0.1, -0.05) is 0 Å². The summed E-state index contributed by atoms with van der Waals surface area (Å²) in [4.78, 5) is 10.1. The highest BCUT2D eigenvalue weighted by Gasteiger charge is 2.13. The Balaban J connectivity index is 4.32. The maximum atomic E-state index is 10.1. The Kier molecular flexibility index (Phi) is 2.56. The first-order chi connectivity index (χ1) is 4.33. The molecule has 0 aliphatic heterocycles. The second-order valence-corrected chi connectivity index (χ2v) is 2.23. The molecule has 0 radical (unpaired) electrons. The zero-order valence-electron chi connectivity index (χ0n) is 5.83. The van der Waals surface area contributed by atoms with Gasteiger partial charge in [-0.25, -0.2) is 4.79 Å². The van der Waals surface area contributed by atoms with Gasteiger partial charge in [0.2, 0.25) is 0 Å². The molecular weight excluding hydrogens is 136 g/mol. The second-order valence-electron chi connectivity index (χ2n) is 2.23. The lowest BCUT2D eigenvalue weighted by atomic mass is 10.2. The van der Waals surface area contributed by atoms with Crippen LogP contribution in [-0.4, -0.2) is 27.1 Å². The van der Waals surface area contributed by atoms with E-state index >= 15 is 0 Å². The molecule has 0 amide bonds. The Labute approximate surface area is 58.4 Å². The van der Waals surface area contributed by atoms with Gasteiger partial charge >= 0.3 is 5.97 Å². The van der Waals surface area contributed by atoms with E-state index in [0.717, 1.165) is 13.0 Å². The van der Waals surface area contributed by atoms with Gasteiger partial charge in [0.25, 0.3) is 0 Å². The second kappa shape index (κ2) is 2.81. The van der Waals surface area contributed by atoms with Crippen LogP contribution in [0, 0.1) is 0 Å². The standard InChI is InChI=1S/C6H10O4/c1-4(5(7)8)3-6(2,9)10/h3,9-10H,1-2H3,(H,7,8)/b4-3+. The van der Waals surface area contributed by atoms with Gasteiger partial charge < -0.3 is 15.3 Å². The van der Waals surface area contributed by atoms with Gasteiger partial charge in [-0.05, 0) is 19.9 Å². The average molecular weight is 146 g/mol. The minimum atomic E-state index is -2.04. The highest BCUT2D eigenvalue weighted by atomic mass is 16.5. The van der Waals surface area contributed by atoms with Gasteiger partial charge in [0.1, 0.15) is 0 Å². The summed E-state index contributed by atoms with van der Waals surface area (Å²) in [7, 11) is 0. The van der Waals surface area contributed by atoms with Crippen LogP contribution in [-0.2, 0) is 4.79 Å². The summed E-state index contributed by atoms with van der Waals surface area (Å²) in [6.45, 7) is 2.37. The van der Waals surface area contributed by atoms with Gasteiger partial charge in [0.05, 0.1) is 0 Å². The molecule has 4 nitrogen and oxygen atoms in total. The fraction of sp³-hybridized carbons (Fsp3) is 0.500. The average Bonchev–Trinajstić information content (AvgIpc) is 1.60. The normalized spacial score (nSPS) is 13.4. The van der Waals surface area contributed by atoms with E-state index in [2.05, 4.69) is 0 Å². The number of hydrogen-bond acceptors (Lipinski definition) is 3. The minimum absolute atomic E-state index is 0.0903. The molecule has 0 spiro atoms. The number of aliphatic carboxylic acids is 1. The third-order valence-corrected chi connectivity index (χ3v) is 0.827. The third-order valence-electron chi connectivity index (χ3n) is 0.827. The van der Waals surface area contributed by atoms with E-state index < -0.39 is 11.8 Å². The molecule has 0 atom stereocenters. The SMILES string of the molecule is C/C(=C\C(C)(O)O)C(=O)O. The maximum Gasteiger partial charge on any atom is 0.331 e. The Morgan fingerprint density at radius 1 is 1.50 bits per heavy atom. The summed E-state index contributed by atoms with van der Waals surface area (Å²) in [6.07, 6.45) is 0.856.